The van der Waals surface area contributed by atoms with Crippen molar-refractivity contribution in [1.29, 1.82) is 0 Å². The van der Waals surface area contributed by atoms with E-state index in [4.69, 9.17) is 4.42 Å². The fraction of sp³-hybridized carbons (Fsp3) is 0.0909. The molecule has 0 saturated heterocycles. The molecule has 0 unspecified atom stereocenters. The lowest BCUT2D eigenvalue weighted by molar-refractivity contribution is 0.0942. The second kappa shape index (κ2) is 8.38. The number of carbonyl (C=O) groups excluding carboxylic acids is 2. The number of aromatic amines is 1. The Labute approximate surface area is 185 Å². The first-order chi connectivity index (χ1) is 16.1. The summed E-state index contributed by atoms with van der Waals surface area (Å²) in [5.74, 6) is -1.42. The van der Waals surface area contributed by atoms with Gasteiger partial charge in [0.05, 0.1) is 24.0 Å². The number of hydrogen-bond donors (Lipinski definition) is 3. The van der Waals surface area contributed by atoms with E-state index in [2.05, 4.69) is 30.7 Å². The highest BCUT2D eigenvalue weighted by atomic mass is 16.4. The van der Waals surface area contributed by atoms with E-state index in [-0.39, 0.29) is 24.5 Å². The van der Waals surface area contributed by atoms with E-state index in [0.29, 0.717) is 22.4 Å². The predicted molar refractivity (Wildman–Crippen MR) is 116 cm³/mol. The van der Waals surface area contributed by atoms with Gasteiger partial charge in [-0.1, -0.05) is 12.1 Å². The highest BCUT2D eigenvalue weighted by Gasteiger charge is 2.17. The predicted octanol–water partition coefficient (Wildman–Crippen LogP) is 1.42. The molecule has 164 valence electrons. The van der Waals surface area contributed by atoms with Crippen LogP contribution in [-0.4, -0.2) is 36.4 Å². The van der Waals surface area contributed by atoms with Crippen LogP contribution in [0.4, 0.5) is 0 Å². The number of nitrogens with zero attached hydrogens (tertiary/aromatic N) is 4. The largest absolute Gasteiger partial charge is 0.417 e. The molecule has 0 atom stereocenters. The second-order valence-corrected chi connectivity index (χ2v) is 7.16. The molecule has 33 heavy (non-hydrogen) atoms. The maximum absolute atomic E-state index is 12.8. The Balaban J connectivity index is 1.34. The molecule has 5 rings (SSSR count). The van der Waals surface area contributed by atoms with Crippen LogP contribution in [0, 0.1) is 0 Å². The summed E-state index contributed by atoms with van der Waals surface area (Å²) in [5.41, 5.74) is 3.04. The lowest BCUT2D eigenvalue weighted by atomic mass is 10.2. The van der Waals surface area contributed by atoms with Gasteiger partial charge in [0.2, 0.25) is 0 Å². The molecule has 0 fully saturated rings. The van der Waals surface area contributed by atoms with Gasteiger partial charge in [-0.25, -0.2) is 14.3 Å². The fourth-order valence-corrected chi connectivity index (χ4v) is 3.34. The standard InChI is InChI=1S/C22H17N7O4/c30-20(24-11-13-4-5-18-15(9-13)28-22(32)33-18)16-10-17(29-19(27-16)6-8-26-29)21(31)25-12-14-3-1-2-7-23-14/h1-10H,11-12H2,(H,24,30)(H,25,31)(H,28,32). The number of fused-ring (bicyclic) bond motifs is 2. The van der Waals surface area contributed by atoms with Crippen molar-refractivity contribution in [2.24, 2.45) is 0 Å². The molecule has 0 aliphatic heterocycles. The summed E-state index contributed by atoms with van der Waals surface area (Å²) in [6.07, 6.45) is 3.14. The van der Waals surface area contributed by atoms with Crippen LogP contribution < -0.4 is 16.4 Å². The van der Waals surface area contributed by atoms with Gasteiger partial charge in [-0.05, 0) is 29.8 Å². The molecule has 11 nitrogen and oxygen atoms in total. The molecule has 1 aromatic carbocycles. The number of amides is 2. The average Bonchev–Trinajstić information content (AvgIpc) is 3.46. The van der Waals surface area contributed by atoms with Crippen molar-refractivity contribution in [2.45, 2.75) is 13.1 Å². The van der Waals surface area contributed by atoms with Gasteiger partial charge >= 0.3 is 5.76 Å². The molecule has 4 heterocycles. The molecule has 5 aromatic rings. The third kappa shape index (κ3) is 4.19. The maximum Gasteiger partial charge on any atom is 0.417 e. The summed E-state index contributed by atoms with van der Waals surface area (Å²) in [6.45, 7) is 0.417. The van der Waals surface area contributed by atoms with Crippen LogP contribution in [0.3, 0.4) is 0 Å². The minimum Gasteiger partial charge on any atom is -0.408 e. The molecule has 2 amide bonds. The minimum absolute atomic E-state index is 0.0729. The first kappa shape index (κ1) is 20.1. The van der Waals surface area contributed by atoms with Crippen LogP contribution in [0.1, 0.15) is 32.2 Å². The number of carbonyl (C=O) groups is 2. The number of pyridine rings is 1. The van der Waals surface area contributed by atoms with E-state index in [1.165, 1.54) is 16.8 Å². The quantitative estimate of drug-likeness (QED) is 0.359. The van der Waals surface area contributed by atoms with Crippen molar-refractivity contribution < 1.29 is 14.0 Å². The lowest BCUT2D eigenvalue weighted by Gasteiger charge is -2.09. The molecule has 0 spiro atoms. The van der Waals surface area contributed by atoms with Crippen LogP contribution in [0.25, 0.3) is 16.7 Å². The zero-order chi connectivity index (χ0) is 22.8. The molecular weight excluding hydrogens is 426 g/mol. The monoisotopic (exact) mass is 443 g/mol. The number of oxazole rings is 1. The van der Waals surface area contributed by atoms with Crippen molar-refractivity contribution in [3.05, 3.63) is 94.1 Å². The molecule has 3 N–H and O–H groups in total. The van der Waals surface area contributed by atoms with Crippen molar-refractivity contribution in [3.63, 3.8) is 0 Å². The molecule has 0 aliphatic rings. The van der Waals surface area contributed by atoms with Gasteiger partial charge in [0.25, 0.3) is 11.8 Å². The molecule has 4 aromatic heterocycles. The summed E-state index contributed by atoms with van der Waals surface area (Å²) in [4.78, 5) is 48.0. The number of hydrogen-bond acceptors (Lipinski definition) is 7. The highest BCUT2D eigenvalue weighted by molar-refractivity contribution is 5.98. The first-order valence-corrected chi connectivity index (χ1v) is 10.00. The topological polar surface area (TPSA) is 147 Å². The molecule has 0 aliphatic carbocycles. The number of H-pyrrole nitrogens is 1. The van der Waals surface area contributed by atoms with Crippen molar-refractivity contribution in [1.82, 2.24) is 35.2 Å². The highest BCUT2D eigenvalue weighted by Crippen LogP contribution is 2.13. The normalized spacial score (nSPS) is 11.0. The fourth-order valence-electron chi connectivity index (χ4n) is 3.34. The molecule has 11 heteroatoms. The smallest absolute Gasteiger partial charge is 0.408 e. The number of rotatable bonds is 6. The Kier molecular flexibility index (Phi) is 5.11. The van der Waals surface area contributed by atoms with Gasteiger partial charge in [-0.2, -0.15) is 5.10 Å². The molecule has 0 bridgehead atoms. The average molecular weight is 443 g/mol. The van der Waals surface area contributed by atoms with E-state index in [0.717, 1.165) is 5.56 Å². The van der Waals surface area contributed by atoms with Crippen LogP contribution in [0.15, 0.2) is 70.1 Å². The van der Waals surface area contributed by atoms with Gasteiger partial charge < -0.3 is 15.1 Å². The van der Waals surface area contributed by atoms with Gasteiger partial charge in [0.1, 0.15) is 11.4 Å². The van der Waals surface area contributed by atoms with Crippen molar-refractivity contribution >= 4 is 28.6 Å². The summed E-state index contributed by atoms with van der Waals surface area (Å²) < 4.78 is 6.34. The van der Waals surface area contributed by atoms with Crippen LogP contribution in [-0.2, 0) is 13.1 Å². The number of nitrogens with one attached hydrogen (secondary N) is 3. The SMILES string of the molecule is O=C(NCc1ccc2oc(=O)[nH]c2c1)c1cc(C(=O)NCc2ccccn2)n2nccc2n1. The van der Waals surface area contributed by atoms with E-state index in [9.17, 15) is 14.4 Å². The zero-order valence-corrected chi connectivity index (χ0v) is 17.1. The molecule has 0 saturated carbocycles. The Bertz CT molecular complexity index is 1530. The summed E-state index contributed by atoms with van der Waals surface area (Å²) in [7, 11) is 0. The van der Waals surface area contributed by atoms with Crippen LogP contribution in [0.5, 0.6) is 0 Å². The number of benzene rings is 1. The van der Waals surface area contributed by atoms with Gasteiger partial charge in [0.15, 0.2) is 11.2 Å². The van der Waals surface area contributed by atoms with Gasteiger partial charge in [-0.3, -0.25) is 19.6 Å². The Morgan fingerprint density at radius 2 is 1.88 bits per heavy atom. The van der Waals surface area contributed by atoms with Crippen LogP contribution in [0.2, 0.25) is 0 Å². The second-order valence-electron chi connectivity index (χ2n) is 7.16. The maximum atomic E-state index is 12.8. The Morgan fingerprint density at radius 1 is 1.00 bits per heavy atom. The third-order valence-electron chi connectivity index (χ3n) is 4.92. The Morgan fingerprint density at radius 3 is 2.73 bits per heavy atom. The zero-order valence-electron chi connectivity index (χ0n) is 17.1. The van der Waals surface area contributed by atoms with E-state index in [1.54, 1.807) is 42.6 Å². The Hall–Kier alpha value is -4.80. The lowest BCUT2D eigenvalue weighted by Crippen LogP contribution is -2.28. The minimum atomic E-state index is -0.543. The summed E-state index contributed by atoms with van der Waals surface area (Å²) in [6, 6.07) is 13.5. The molecular formula is C22H17N7O4. The van der Waals surface area contributed by atoms with Gasteiger partial charge in [-0.15, -0.1) is 0 Å². The van der Waals surface area contributed by atoms with E-state index >= 15 is 0 Å². The van der Waals surface area contributed by atoms with Crippen LogP contribution >= 0.6 is 0 Å². The van der Waals surface area contributed by atoms with Crippen molar-refractivity contribution in [2.75, 3.05) is 0 Å². The summed E-state index contributed by atoms with van der Waals surface area (Å²) in [5, 5.41) is 9.68. The first-order valence-electron chi connectivity index (χ1n) is 10.00. The number of aromatic nitrogens is 5. The van der Waals surface area contributed by atoms with Crippen molar-refractivity contribution in [3.8, 4) is 0 Å². The summed E-state index contributed by atoms with van der Waals surface area (Å²) >= 11 is 0. The van der Waals surface area contributed by atoms with Gasteiger partial charge in [0, 0.05) is 24.9 Å². The van der Waals surface area contributed by atoms with E-state index in [1.807, 2.05) is 6.07 Å². The van der Waals surface area contributed by atoms with E-state index < -0.39 is 17.6 Å². The molecule has 0 radical (unpaired) electrons. The third-order valence-corrected chi connectivity index (χ3v) is 4.92.